The molecular formula is C31H37Cl2N3O5S. The van der Waals surface area contributed by atoms with Gasteiger partial charge in [-0.1, -0.05) is 67.4 Å². The van der Waals surface area contributed by atoms with Crippen LogP contribution >= 0.6 is 23.2 Å². The fourth-order valence-electron chi connectivity index (χ4n) is 4.42. The maximum absolute atomic E-state index is 14.2. The van der Waals surface area contributed by atoms with Crippen LogP contribution in [0.1, 0.15) is 44.7 Å². The van der Waals surface area contributed by atoms with Crippen molar-refractivity contribution in [2.45, 2.75) is 64.1 Å². The Labute approximate surface area is 258 Å². The summed E-state index contributed by atoms with van der Waals surface area (Å²) in [4.78, 5) is 29.1. The molecule has 2 unspecified atom stereocenters. The Kier molecular flexibility index (Phi) is 11.7. The molecular weight excluding hydrogens is 597 g/mol. The number of sulfonamides is 1. The predicted molar refractivity (Wildman–Crippen MR) is 168 cm³/mol. The van der Waals surface area contributed by atoms with Gasteiger partial charge in [-0.25, -0.2) is 8.42 Å². The second kappa shape index (κ2) is 14.8. The lowest BCUT2D eigenvalue weighted by atomic mass is 10.1. The van der Waals surface area contributed by atoms with Crippen LogP contribution in [0.15, 0.2) is 71.6 Å². The number of carbonyl (C=O) groups is 2. The number of ether oxygens (including phenoxy) is 1. The summed E-state index contributed by atoms with van der Waals surface area (Å²) in [6, 6.07) is 17.0. The third-order valence-corrected chi connectivity index (χ3v) is 9.45. The maximum Gasteiger partial charge on any atom is 0.264 e. The van der Waals surface area contributed by atoms with E-state index in [1.807, 2.05) is 20.8 Å². The molecule has 3 aromatic rings. The molecule has 0 bridgehead atoms. The number of halogens is 2. The number of nitrogens with zero attached hydrogens (tertiary/aromatic N) is 2. The number of aryl methyl sites for hydroxylation is 1. The Bertz CT molecular complexity index is 1500. The van der Waals surface area contributed by atoms with Crippen molar-refractivity contribution < 1.29 is 22.7 Å². The van der Waals surface area contributed by atoms with Gasteiger partial charge in [-0.3, -0.25) is 13.9 Å². The first kappa shape index (κ1) is 33.2. The summed E-state index contributed by atoms with van der Waals surface area (Å²) in [6.07, 6.45) is 1.01. The van der Waals surface area contributed by atoms with Crippen LogP contribution in [0.2, 0.25) is 10.0 Å². The smallest absolute Gasteiger partial charge is 0.264 e. The molecule has 226 valence electrons. The highest BCUT2D eigenvalue weighted by Crippen LogP contribution is 2.34. The van der Waals surface area contributed by atoms with Crippen LogP contribution in [0.5, 0.6) is 5.75 Å². The van der Waals surface area contributed by atoms with E-state index in [0.717, 1.165) is 9.87 Å². The summed E-state index contributed by atoms with van der Waals surface area (Å²) in [5.41, 5.74) is 1.62. The molecule has 0 radical (unpaired) electrons. The molecule has 0 fully saturated rings. The molecule has 8 nitrogen and oxygen atoms in total. The monoisotopic (exact) mass is 633 g/mol. The number of rotatable bonds is 13. The lowest BCUT2D eigenvalue weighted by Crippen LogP contribution is -2.53. The van der Waals surface area contributed by atoms with Gasteiger partial charge < -0.3 is 15.0 Å². The molecule has 1 N–H and O–H groups in total. The normalized spacial score (nSPS) is 12.7. The highest BCUT2D eigenvalue weighted by Gasteiger charge is 2.35. The van der Waals surface area contributed by atoms with Crippen molar-refractivity contribution in [2.75, 3.05) is 18.0 Å². The van der Waals surface area contributed by atoms with Gasteiger partial charge in [0.05, 0.1) is 27.7 Å². The van der Waals surface area contributed by atoms with Crippen molar-refractivity contribution in [1.82, 2.24) is 10.2 Å². The number of methoxy groups -OCH3 is 1. The number of benzene rings is 3. The lowest BCUT2D eigenvalue weighted by molar-refractivity contribution is -0.140. The average Bonchev–Trinajstić information content (AvgIpc) is 2.97. The zero-order valence-electron chi connectivity index (χ0n) is 24.4. The van der Waals surface area contributed by atoms with Crippen LogP contribution in [0.25, 0.3) is 0 Å². The Hall–Kier alpha value is -3.27. The van der Waals surface area contributed by atoms with E-state index >= 15 is 0 Å². The van der Waals surface area contributed by atoms with E-state index in [0.29, 0.717) is 28.5 Å². The van der Waals surface area contributed by atoms with Gasteiger partial charge in [0.15, 0.2) is 0 Å². The molecule has 3 aromatic carbocycles. The van der Waals surface area contributed by atoms with E-state index in [4.69, 9.17) is 27.9 Å². The molecule has 0 aliphatic heterocycles. The molecule has 2 amide bonds. The van der Waals surface area contributed by atoms with Gasteiger partial charge in [-0.15, -0.1) is 0 Å². The van der Waals surface area contributed by atoms with Crippen molar-refractivity contribution in [2.24, 2.45) is 0 Å². The van der Waals surface area contributed by atoms with Crippen LogP contribution in [-0.4, -0.2) is 50.9 Å². The predicted octanol–water partition coefficient (Wildman–Crippen LogP) is 6.23. The van der Waals surface area contributed by atoms with Gasteiger partial charge >= 0.3 is 0 Å². The minimum absolute atomic E-state index is 0.00628. The summed E-state index contributed by atoms with van der Waals surface area (Å²) < 4.78 is 34.7. The molecule has 0 aromatic heterocycles. The number of hydrogen-bond acceptors (Lipinski definition) is 5. The quantitative estimate of drug-likeness (QED) is 0.241. The van der Waals surface area contributed by atoms with E-state index in [9.17, 15) is 18.0 Å². The van der Waals surface area contributed by atoms with Gasteiger partial charge in [0.25, 0.3) is 10.0 Å². The zero-order chi connectivity index (χ0) is 31.0. The van der Waals surface area contributed by atoms with Crippen LogP contribution < -0.4 is 14.4 Å². The first-order valence-electron chi connectivity index (χ1n) is 13.7. The van der Waals surface area contributed by atoms with Gasteiger partial charge in [0.1, 0.15) is 18.3 Å². The van der Waals surface area contributed by atoms with Crippen molar-refractivity contribution in [1.29, 1.82) is 0 Å². The molecule has 0 saturated carbocycles. The Morgan fingerprint density at radius 2 is 1.64 bits per heavy atom. The highest BCUT2D eigenvalue weighted by atomic mass is 35.5. The summed E-state index contributed by atoms with van der Waals surface area (Å²) in [7, 11) is -2.79. The van der Waals surface area contributed by atoms with Crippen LogP contribution in [0.4, 0.5) is 5.69 Å². The van der Waals surface area contributed by atoms with E-state index in [1.54, 1.807) is 61.5 Å². The minimum Gasteiger partial charge on any atom is -0.495 e. The first-order valence-corrected chi connectivity index (χ1v) is 15.9. The van der Waals surface area contributed by atoms with Crippen molar-refractivity contribution in [3.63, 3.8) is 0 Å². The second-order valence-electron chi connectivity index (χ2n) is 10.0. The van der Waals surface area contributed by atoms with Gasteiger partial charge in [0.2, 0.25) is 11.8 Å². The maximum atomic E-state index is 14.2. The average molecular weight is 635 g/mol. The van der Waals surface area contributed by atoms with Crippen LogP contribution in [0.3, 0.4) is 0 Å². The lowest BCUT2D eigenvalue weighted by Gasteiger charge is -2.34. The van der Waals surface area contributed by atoms with Crippen LogP contribution in [0, 0.1) is 6.92 Å². The van der Waals surface area contributed by atoms with Crippen molar-refractivity contribution in [3.8, 4) is 5.75 Å². The van der Waals surface area contributed by atoms with E-state index in [-0.39, 0.29) is 34.8 Å². The fourth-order valence-corrected chi connectivity index (χ4v) is 6.18. The number of amides is 2. The molecule has 3 rings (SSSR count). The first-order chi connectivity index (χ1) is 19.9. The van der Waals surface area contributed by atoms with E-state index in [2.05, 4.69) is 5.32 Å². The Balaban J connectivity index is 2.13. The van der Waals surface area contributed by atoms with Crippen molar-refractivity contribution >= 4 is 50.7 Å². The largest absolute Gasteiger partial charge is 0.495 e. The van der Waals surface area contributed by atoms with Gasteiger partial charge in [-0.2, -0.15) is 0 Å². The summed E-state index contributed by atoms with van der Waals surface area (Å²) in [5.74, 6) is -0.619. The molecule has 11 heteroatoms. The fraction of sp³-hybridized carbons (Fsp3) is 0.355. The number of nitrogens with one attached hydrogen (secondary N) is 1. The third-order valence-electron chi connectivity index (χ3n) is 6.94. The van der Waals surface area contributed by atoms with Crippen molar-refractivity contribution in [3.05, 3.63) is 87.9 Å². The summed E-state index contributed by atoms with van der Waals surface area (Å²) >= 11 is 12.4. The zero-order valence-corrected chi connectivity index (χ0v) is 26.8. The number of carbonyl (C=O) groups excluding carboxylic acids is 2. The summed E-state index contributed by atoms with van der Waals surface area (Å²) in [5, 5.41) is 3.61. The van der Waals surface area contributed by atoms with Gasteiger partial charge in [0, 0.05) is 12.6 Å². The highest BCUT2D eigenvalue weighted by molar-refractivity contribution is 7.92. The molecule has 0 aliphatic carbocycles. The molecule has 2 atom stereocenters. The SMILES string of the molecule is CCC(C)NC(=O)C(CC)N(Cc1ccc(Cl)c(Cl)c1)C(=O)CN(c1cc(C)ccc1OC)S(=O)(=O)c1ccccc1. The Morgan fingerprint density at radius 1 is 0.952 bits per heavy atom. The Morgan fingerprint density at radius 3 is 2.24 bits per heavy atom. The molecule has 0 aliphatic rings. The van der Waals surface area contributed by atoms with Gasteiger partial charge in [-0.05, 0) is 74.2 Å². The number of hydrogen-bond donors (Lipinski definition) is 1. The standard InChI is InChI=1S/C31H37Cl2N3O5S/c1-6-22(4)34-31(38)27(7-2)35(19-23-14-15-25(32)26(33)18-23)30(37)20-36(28-17-21(3)13-16-29(28)41-5)42(39,40)24-11-9-8-10-12-24/h8-18,22,27H,6-7,19-20H2,1-5H3,(H,34,38). The molecule has 0 saturated heterocycles. The molecule has 42 heavy (non-hydrogen) atoms. The molecule has 0 spiro atoms. The van der Waals surface area contributed by atoms with E-state index < -0.39 is 28.5 Å². The van der Waals surface area contributed by atoms with E-state index in [1.165, 1.54) is 24.1 Å². The van der Waals surface area contributed by atoms with Crippen LogP contribution in [-0.2, 0) is 26.2 Å². The third kappa shape index (κ3) is 7.96. The number of anilines is 1. The molecule has 0 heterocycles. The minimum atomic E-state index is -4.23. The topological polar surface area (TPSA) is 96.0 Å². The second-order valence-corrected chi connectivity index (χ2v) is 12.7. The summed E-state index contributed by atoms with van der Waals surface area (Å²) in [6.45, 7) is 6.89.